The maximum absolute atomic E-state index is 10.0. The van der Waals surface area contributed by atoms with Crippen LogP contribution in [0.1, 0.15) is 46.1 Å². The van der Waals surface area contributed by atoms with E-state index in [4.69, 9.17) is 9.47 Å². The quantitative estimate of drug-likeness (QED) is 0.643. The number of rotatable bonds is 10. The molecule has 0 fully saturated rings. The molecule has 0 spiro atoms. The molecule has 0 amide bonds. The Hall–Kier alpha value is -1.73. The van der Waals surface area contributed by atoms with Gasteiger partial charge in [-0.15, -0.1) is 0 Å². The van der Waals surface area contributed by atoms with Crippen molar-refractivity contribution in [1.29, 1.82) is 5.26 Å². The van der Waals surface area contributed by atoms with Crippen LogP contribution in [-0.4, -0.2) is 38.8 Å². The second kappa shape index (κ2) is 9.54. The number of methoxy groups -OCH3 is 2. The minimum Gasteiger partial charge on any atom is -0.493 e. The van der Waals surface area contributed by atoms with E-state index in [1.54, 1.807) is 14.2 Å². The van der Waals surface area contributed by atoms with E-state index in [-0.39, 0.29) is 5.92 Å². The van der Waals surface area contributed by atoms with Crippen LogP contribution in [0.3, 0.4) is 0 Å². The zero-order valence-corrected chi connectivity index (χ0v) is 16.1. The van der Waals surface area contributed by atoms with Crippen LogP contribution in [0.25, 0.3) is 0 Å². The molecule has 0 heterocycles. The summed E-state index contributed by atoms with van der Waals surface area (Å²) in [5, 5.41) is 10.0. The highest BCUT2D eigenvalue weighted by molar-refractivity contribution is 5.47. The molecular weight excluding hydrogens is 300 g/mol. The molecule has 0 radical (unpaired) electrons. The number of benzene rings is 1. The molecule has 0 saturated carbocycles. The van der Waals surface area contributed by atoms with Gasteiger partial charge in [-0.1, -0.05) is 33.8 Å². The summed E-state index contributed by atoms with van der Waals surface area (Å²) in [4.78, 5) is 2.40. The first kappa shape index (κ1) is 20.3. The Morgan fingerprint density at radius 2 is 1.75 bits per heavy atom. The smallest absolute Gasteiger partial charge is 0.161 e. The van der Waals surface area contributed by atoms with Crippen LogP contribution in [0.2, 0.25) is 0 Å². The topological polar surface area (TPSA) is 45.5 Å². The van der Waals surface area contributed by atoms with Crippen LogP contribution in [0, 0.1) is 17.2 Å². The van der Waals surface area contributed by atoms with E-state index >= 15 is 0 Å². The van der Waals surface area contributed by atoms with Crippen LogP contribution in [-0.2, 0) is 5.41 Å². The van der Waals surface area contributed by atoms with Crippen LogP contribution in [0.4, 0.5) is 0 Å². The largest absolute Gasteiger partial charge is 0.493 e. The summed E-state index contributed by atoms with van der Waals surface area (Å²) in [5.74, 6) is 1.59. The minimum atomic E-state index is -0.507. The van der Waals surface area contributed by atoms with Gasteiger partial charge in [0.25, 0.3) is 0 Å². The van der Waals surface area contributed by atoms with Crippen molar-refractivity contribution in [3.63, 3.8) is 0 Å². The fraction of sp³-hybridized carbons (Fsp3) is 0.650. The van der Waals surface area contributed by atoms with Gasteiger partial charge < -0.3 is 14.4 Å². The highest BCUT2D eigenvalue weighted by Gasteiger charge is 2.36. The summed E-state index contributed by atoms with van der Waals surface area (Å²) in [6, 6.07) is 8.47. The molecular formula is C20H32N2O2. The standard InChI is InChI=1S/C20H32N2O2/c1-7-22(8-2)13-9-12-20(15-21,16(3)4)17-10-11-18(23-5)19(14-17)24-6/h10-11,14,16H,7-9,12-13H2,1-6H3. The van der Waals surface area contributed by atoms with Crippen molar-refractivity contribution in [3.05, 3.63) is 23.8 Å². The molecule has 1 atom stereocenters. The van der Waals surface area contributed by atoms with E-state index in [0.717, 1.165) is 38.0 Å². The van der Waals surface area contributed by atoms with Gasteiger partial charge in [0.05, 0.1) is 25.7 Å². The highest BCUT2D eigenvalue weighted by atomic mass is 16.5. The maximum atomic E-state index is 10.0. The van der Waals surface area contributed by atoms with Gasteiger partial charge in [0.2, 0.25) is 0 Å². The predicted molar refractivity (Wildman–Crippen MR) is 98.7 cm³/mol. The molecule has 0 aromatic heterocycles. The van der Waals surface area contributed by atoms with Crippen molar-refractivity contribution in [1.82, 2.24) is 4.90 Å². The van der Waals surface area contributed by atoms with Gasteiger partial charge in [-0.05, 0) is 56.1 Å². The second-order valence-corrected chi connectivity index (χ2v) is 6.44. The zero-order chi connectivity index (χ0) is 18.2. The van der Waals surface area contributed by atoms with Crippen LogP contribution < -0.4 is 9.47 Å². The Kier molecular flexibility index (Phi) is 8.07. The third kappa shape index (κ3) is 4.42. The van der Waals surface area contributed by atoms with E-state index in [9.17, 15) is 5.26 Å². The van der Waals surface area contributed by atoms with Gasteiger partial charge in [-0.3, -0.25) is 0 Å². The third-order valence-electron chi connectivity index (χ3n) is 5.02. The van der Waals surface area contributed by atoms with Crippen molar-refractivity contribution in [2.24, 2.45) is 5.92 Å². The lowest BCUT2D eigenvalue weighted by atomic mass is 9.69. The lowest BCUT2D eigenvalue weighted by molar-refractivity contribution is 0.271. The first-order chi connectivity index (χ1) is 11.5. The van der Waals surface area contributed by atoms with Crippen molar-refractivity contribution in [2.45, 2.75) is 46.0 Å². The third-order valence-corrected chi connectivity index (χ3v) is 5.02. The molecule has 1 aromatic rings. The van der Waals surface area contributed by atoms with Gasteiger partial charge in [0.1, 0.15) is 0 Å². The van der Waals surface area contributed by atoms with E-state index in [1.165, 1.54) is 0 Å². The Balaban J connectivity index is 3.10. The average molecular weight is 332 g/mol. The summed E-state index contributed by atoms with van der Waals surface area (Å²) in [6.07, 6.45) is 1.84. The maximum Gasteiger partial charge on any atom is 0.161 e. The fourth-order valence-electron chi connectivity index (χ4n) is 3.25. The summed E-state index contributed by atoms with van der Waals surface area (Å²) in [6.45, 7) is 11.7. The molecule has 134 valence electrons. The first-order valence-corrected chi connectivity index (χ1v) is 8.85. The van der Waals surface area contributed by atoms with Gasteiger partial charge in [0, 0.05) is 0 Å². The zero-order valence-electron chi connectivity index (χ0n) is 16.1. The minimum absolute atomic E-state index is 0.220. The molecule has 0 aliphatic heterocycles. The predicted octanol–water partition coefficient (Wildman–Crippen LogP) is 4.24. The molecule has 0 aliphatic carbocycles. The Bertz CT molecular complexity index is 547. The molecule has 24 heavy (non-hydrogen) atoms. The molecule has 1 aromatic carbocycles. The molecule has 4 nitrogen and oxygen atoms in total. The van der Waals surface area contributed by atoms with Gasteiger partial charge in [-0.25, -0.2) is 0 Å². The average Bonchev–Trinajstić information content (AvgIpc) is 2.61. The lowest BCUT2D eigenvalue weighted by Gasteiger charge is -2.32. The molecule has 4 heteroatoms. The van der Waals surface area contributed by atoms with Gasteiger partial charge in [-0.2, -0.15) is 5.26 Å². The SMILES string of the molecule is CCN(CC)CCCC(C#N)(c1ccc(OC)c(OC)c1)C(C)C. The fourth-order valence-corrected chi connectivity index (χ4v) is 3.25. The van der Waals surface area contributed by atoms with Crippen LogP contribution >= 0.6 is 0 Å². The summed E-state index contributed by atoms with van der Waals surface area (Å²) in [5.41, 5.74) is 0.504. The van der Waals surface area contributed by atoms with Gasteiger partial charge >= 0.3 is 0 Å². The van der Waals surface area contributed by atoms with Crippen molar-refractivity contribution >= 4 is 0 Å². The number of ether oxygens (including phenoxy) is 2. The molecule has 1 rings (SSSR count). The normalized spacial score (nSPS) is 13.6. The molecule has 0 saturated heterocycles. The highest BCUT2D eigenvalue weighted by Crippen LogP contribution is 2.40. The Labute approximate surface area is 147 Å². The monoisotopic (exact) mass is 332 g/mol. The number of hydrogen-bond donors (Lipinski definition) is 0. The Morgan fingerprint density at radius 3 is 2.21 bits per heavy atom. The second-order valence-electron chi connectivity index (χ2n) is 6.44. The molecule has 0 bridgehead atoms. The van der Waals surface area contributed by atoms with E-state index in [1.807, 2.05) is 18.2 Å². The molecule has 1 unspecified atom stereocenters. The number of nitrogens with zero attached hydrogens (tertiary/aromatic N) is 2. The lowest BCUT2D eigenvalue weighted by Crippen LogP contribution is -2.33. The van der Waals surface area contributed by atoms with Gasteiger partial charge in [0.15, 0.2) is 11.5 Å². The molecule has 0 aliphatic rings. The van der Waals surface area contributed by atoms with E-state index in [0.29, 0.717) is 11.5 Å². The number of nitriles is 1. The van der Waals surface area contributed by atoms with E-state index < -0.39 is 5.41 Å². The summed E-state index contributed by atoms with van der Waals surface area (Å²) < 4.78 is 10.8. The van der Waals surface area contributed by atoms with Crippen molar-refractivity contribution < 1.29 is 9.47 Å². The molecule has 0 N–H and O–H groups in total. The first-order valence-electron chi connectivity index (χ1n) is 8.85. The van der Waals surface area contributed by atoms with E-state index in [2.05, 4.69) is 38.7 Å². The van der Waals surface area contributed by atoms with Crippen LogP contribution in [0.15, 0.2) is 18.2 Å². The van der Waals surface area contributed by atoms with Crippen LogP contribution in [0.5, 0.6) is 11.5 Å². The summed E-state index contributed by atoms with van der Waals surface area (Å²) >= 11 is 0. The number of hydrogen-bond acceptors (Lipinski definition) is 4. The van der Waals surface area contributed by atoms with Crippen molar-refractivity contribution in [3.8, 4) is 17.6 Å². The Morgan fingerprint density at radius 1 is 1.12 bits per heavy atom. The van der Waals surface area contributed by atoms with Crippen molar-refractivity contribution in [2.75, 3.05) is 33.9 Å². The summed E-state index contributed by atoms with van der Waals surface area (Å²) in [7, 11) is 3.26.